The van der Waals surface area contributed by atoms with E-state index in [0.29, 0.717) is 6.04 Å². The summed E-state index contributed by atoms with van der Waals surface area (Å²) in [7, 11) is 0. The standard InChI is InChI=1S/C13H18BrN/c1-3-9-15-13(4-2)10-11-5-7-12(14)8-6-11/h4-8,13,15H,2-3,9-10H2,1H3. The highest BCUT2D eigenvalue weighted by atomic mass is 79.9. The molecule has 1 unspecified atom stereocenters. The normalized spacial score (nSPS) is 12.4. The van der Waals surface area contributed by atoms with Gasteiger partial charge in [0.1, 0.15) is 0 Å². The minimum atomic E-state index is 0.381. The van der Waals surface area contributed by atoms with E-state index in [-0.39, 0.29) is 0 Å². The Bertz CT molecular complexity index is 292. The molecular weight excluding hydrogens is 250 g/mol. The van der Waals surface area contributed by atoms with Crippen molar-refractivity contribution in [2.24, 2.45) is 0 Å². The molecule has 15 heavy (non-hydrogen) atoms. The quantitative estimate of drug-likeness (QED) is 0.778. The van der Waals surface area contributed by atoms with Gasteiger partial charge in [-0.1, -0.05) is 41.1 Å². The third-order valence-electron chi connectivity index (χ3n) is 2.31. The highest BCUT2D eigenvalue weighted by Gasteiger charge is 2.03. The number of rotatable bonds is 6. The van der Waals surface area contributed by atoms with Gasteiger partial charge in [-0.25, -0.2) is 0 Å². The Morgan fingerprint density at radius 2 is 2.07 bits per heavy atom. The maximum atomic E-state index is 3.86. The lowest BCUT2D eigenvalue weighted by Crippen LogP contribution is -2.29. The molecule has 0 bridgehead atoms. The second-order valence-electron chi connectivity index (χ2n) is 3.63. The van der Waals surface area contributed by atoms with E-state index < -0.39 is 0 Å². The van der Waals surface area contributed by atoms with E-state index in [9.17, 15) is 0 Å². The largest absolute Gasteiger partial charge is 0.310 e. The third-order valence-corrected chi connectivity index (χ3v) is 2.84. The van der Waals surface area contributed by atoms with Crippen LogP contribution in [-0.4, -0.2) is 12.6 Å². The smallest absolute Gasteiger partial charge is 0.0287 e. The molecule has 0 amide bonds. The van der Waals surface area contributed by atoms with E-state index in [1.165, 1.54) is 5.56 Å². The predicted octanol–water partition coefficient (Wildman–Crippen LogP) is 3.55. The molecule has 0 saturated carbocycles. The van der Waals surface area contributed by atoms with Crippen LogP contribution in [0.3, 0.4) is 0 Å². The van der Waals surface area contributed by atoms with E-state index in [1.54, 1.807) is 0 Å². The summed E-state index contributed by atoms with van der Waals surface area (Å²) in [6, 6.07) is 8.83. The molecule has 1 rings (SSSR count). The van der Waals surface area contributed by atoms with Crippen LogP contribution in [-0.2, 0) is 6.42 Å². The second-order valence-corrected chi connectivity index (χ2v) is 4.54. The Kier molecular flexibility index (Phi) is 5.66. The molecule has 0 aliphatic heterocycles. The maximum absolute atomic E-state index is 3.86. The topological polar surface area (TPSA) is 12.0 Å². The molecule has 0 fully saturated rings. The molecule has 0 spiro atoms. The van der Waals surface area contributed by atoms with Gasteiger partial charge in [0.2, 0.25) is 0 Å². The SMILES string of the molecule is C=CC(Cc1ccc(Br)cc1)NCCC. The Morgan fingerprint density at radius 3 is 2.60 bits per heavy atom. The molecule has 0 heterocycles. The van der Waals surface area contributed by atoms with Gasteiger partial charge in [-0.3, -0.25) is 0 Å². The van der Waals surface area contributed by atoms with E-state index >= 15 is 0 Å². The summed E-state index contributed by atoms with van der Waals surface area (Å²) in [5.74, 6) is 0. The first-order valence-electron chi connectivity index (χ1n) is 5.36. The van der Waals surface area contributed by atoms with Gasteiger partial charge in [0.25, 0.3) is 0 Å². The van der Waals surface area contributed by atoms with Crippen LogP contribution in [0.5, 0.6) is 0 Å². The molecule has 0 saturated heterocycles. The number of benzene rings is 1. The minimum absolute atomic E-state index is 0.381. The van der Waals surface area contributed by atoms with Gasteiger partial charge in [0, 0.05) is 10.5 Å². The van der Waals surface area contributed by atoms with Gasteiger partial charge in [-0.2, -0.15) is 0 Å². The van der Waals surface area contributed by atoms with E-state index in [4.69, 9.17) is 0 Å². The predicted molar refractivity (Wildman–Crippen MR) is 70.1 cm³/mol. The fourth-order valence-corrected chi connectivity index (χ4v) is 1.71. The lowest BCUT2D eigenvalue weighted by Gasteiger charge is -2.14. The fraction of sp³-hybridized carbons (Fsp3) is 0.385. The summed E-state index contributed by atoms with van der Waals surface area (Å²) < 4.78 is 1.13. The lowest BCUT2D eigenvalue weighted by atomic mass is 10.1. The van der Waals surface area contributed by atoms with Crippen molar-refractivity contribution in [1.82, 2.24) is 5.32 Å². The van der Waals surface area contributed by atoms with Gasteiger partial charge < -0.3 is 5.32 Å². The van der Waals surface area contributed by atoms with Crippen LogP contribution in [0.15, 0.2) is 41.4 Å². The van der Waals surface area contributed by atoms with Gasteiger partial charge >= 0.3 is 0 Å². The van der Waals surface area contributed by atoms with Crippen LogP contribution < -0.4 is 5.32 Å². The molecule has 1 aromatic carbocycles. The van der Waals surface area contributed by atoms with Gasteiger partial charge in [-0.05, 0) is 37.1 Å². The van der Waals surface area contributed by atoms with Crippen LogP contribution in [0.4, 0.5) is 0 Å². The number of halogens is 1. The third kappa shape index (κ3) is 4.63. The van der Waals surface area contributed by atoms with Gasteiger partial charge in [0.15, 0.2) is 0 Å². The minimum Gasteiger partial charge on any atom is -0.310 e. The summed E-state index contributed by atoms with van der Waals surface area (Å²) in [4.78, 5) is 0. The summed E-state index contributed by atoms with van der Waals surface area (Å²) >= 11 is 3.43. The molecule has 0 aliphatic carbocycles. The zero-order valence-electron chi connectivity index (χ0n) is 9.17. The number of hydrogen-bond acceptors (Lipinski definition) is 1. The molecule has 1 nitrogen and oxygen atoms in total. The Hall–Kier alpha value is -0.600. The summed E-state index contributed by atoms with van der Waals surface area (Å²) in [5, 5.41) is 3.45. The first-order chi connectivity index (χ1) is 7.26. The first kappa shape index (κ1) is 12.5. The van der Waals surface area contributed by atoms with E-state index in [0.717, 1.165) is 23.9 Å². The molecule has 2 heteroatoms. The number of nitrogens with one attached hydrogen (secondary N) is 1. The molecule has 1 aromatic rings. The zero-order valence-corrected chi connectivity index (χ0v) is 10.8. The molecule has 82 valence electrons. The van der Waals surface area contributed by atoms with Gasteiger partial charge in [-0.15, -0.1) is 6.58 Å². The summed E-state index contributed by atoms with van der Waals surface area (Å²) in [6.07, 6.45) is 4.15. The van der Waals surface area contributed by atoms with Gasteiger partial charge in [0.05, 0.1) is 0 Å². The Labute approximate surface area is 101 Å². The van der Waals surface area contributed by atoms with Crippen molar-refractivity contribution >= 4 is 15.9 Å². The molecular formula is C13H18BrN. The molecule has 1 N–H and O–H groups in total. The highest BCUT2D eigenvalue weighted by Crippen LogP contribution is 2.12. The average Bonchev–Trinajstić information content (AvgIpc) is 2.27. The second kappa shape index (κ2) is 6.81. The maximum Gasteiger partial charge on any atom is 0.0287 e. The van der Waals surface area contributed by atoms with Crippen LogP contribution in [0.1, 0.15) is 18.9 Å². The number of hydrogen-bond donors (Lipinski definition) is 1. The van der Waals surface area contributed by atoms with Crippen molar-refractivity contribution < 1.29 is 0 Å². The fourth-order valence-electron chi connectivity index (χ4n) is 1.44. The van der Waals surface area contributed by atoms with Crippen LogP contribution in [0.25, 0.3) is 0 Å². The van der Waals surface area contributed by atoms with Crippen molar-refractivity contribution in [3.8, 4) is 0 Å². The van der Waals surface area contributed by atoms with Crippen molar-refractivity contribution in [3.05, 3.63) is 47.0 Å². The van der Waals surface area contributed by atoms with Crippen molar-refractivity contribution in [2.75, 3.05) is 6.54 Å². The van der Waals surface area contributed by atoms with E-state index in [2.05, 4.69) is 59.0 Å². The molecule has 1 atom stereocenters. The Balaban J connectivity index is 2.50. The van der Waals surface area contributed by atoms with Crippen LogP contribution in [0, 0.1) is 0 Å². The Morgan fingerprint density at radius 1 is 1.40 bits per heavy atom. The van der Waals surface area contributed by atoms with Crippen LogP contribution in [0.2, 0.25) is 0 Å². The lowest BCUT2D eigenvalue weighted by molar-refractivity contribution is 0.585. The van der Waals surface area contributed by atoms with E-state index in [1.807, 2.05) is 6.08 Å². The van der Waals surface area contributed by atoms with Crippen molar-refractivity contribution in [2.45, 2.75) is 25.8 Å². The highest BCUT2D eigenvalue weighted by molar-refractivity contribution is 9.10. The van der Waals surface area contributed by atoms with Crippen molar-refractivity contribution in [3.63, 3.8) is 0 Å². The van der Waals surface area contributed by atoms with Crippen molar-refractivity contribution in [1.29, 1.82) is 0 Å². The molecule has 0 radical (unpaired) electrons. The summed E-state index contributed by atoms with van der Waals surface area (Å²) in [5.41, 5.74) is 1.34. The summed E-state index contributed by atoms with van der Waals surface area (Å²) in [6.45, 7) is 7.08. The van der Waals surface area contributed by atoms with Crippen LogP contribution >= 0.6 is 15.9 Å². The monoisotopic (exact) mass is 267 g/mol. The molecule has 0 aromatic heterocycles. The zero-order chi connectivity index (χ0) is 11.1. The first-order valence-corrected chi connectivity index (χ1v) is 6.16. The average molecular weight is 268 g/mol. The molecule has 0 aliphatic rings.